The van der Waals surface area contributed by atoms with Crippen molar-refractivity contribution in [1.82, 2.24) is 19.5 Å². The second-order valence-corrected chi connectivity index (χ2v) is 13.2. The molecule has 0 radical (unpaired) electrons. The largest absolute Gasteiger partial charge is 0.311 e. The average molecular weight is 650 g/mol. The van der Waals surface area contributed by atoms with Gasteiger partial charge in [-0.2, -0.15) is 0 Å². The number of benzene rings is 7. The third-order valence-electron chi connectivity index (χ3n) is 10.4. The maximum Gasteiger partial charge on any atom is 0.252 e. The minimum absolute atomic E-state index is 0.0545. The standard InChI is InChI=1S/C45H28BN5/c1-4-15-29(16-5-1)43-47-44(30-17-6-2-7-18-30)49-45(48-43)31-27-39-41-40(28-31)51-37-25-12-10-21-33(37)34-22-14-24-36(42(34)51)46(41)35-23-11-13-26-38(35)50(39)32-19-8-3-9-20-32/h1-28H. The van der Waals surface area contributed by atoms with Gasteiger partial charge in [-0.05, 0) is 52.8 Å². The van der Waals surface area contributed by atoms with E-state index in [1.54, 1.807) is 0 Å². The van der Waals surface area contributed by atoms with Crippen LogP contribution in [0, 0.1) is 0 Å². The lowest BCUT2D eigenvalue weighted by Gasteiger charge is -2.40. The third-order valence-corrected chi connectivity index (χ3v) is 10.4. The van der Waals surface area contributed by atoms with Crippen molar-refractivity contribution >= 4 is 62.0 Å². The van der Waals surface area contributed by atoms with Gasteiger partial charge in [0.2, 0.25) is 0 Å². The second-order valence-electron chi connectivity index (χ2n) is 13.2. The lowest BCUT2D eigenvalue weighted by molar-refractivity contribution is 1.07. The second kappa shape index (κ2) is 10.9. The number of fused-ring (bicyclic) bond motifs is 7. The minimum Gasteiger partial charge on any atom is -0.311 e. The fourth-order valence-electron chi connectivity index (χ4n) is 8.28. The molecule has 4 heterocycles. The highest BCUT2D eigenvalue weighted by Crippen LogP contribution is 2.43. The van der Waals surface area contributed by atoms with Crippen molar-refractivity contribution in [1.29, 1.82) is 0 Å². The summed E-state index contributed by atoms with van der Waals surface area (Å²) in [5.74, 6) is 1.93. The van der Waals surface area contributed by atoms with E-state index in [4.69, 9.17) is 15.0 Å². The van der Waals surface area contributed by atoms with Gasteiger partial charge in [-0.3, -0.25) is 0 Å². The van der Waals surface area contributed by atoms with E-state index in [1.807, 2.05) is 36.4 Å². The molecule has 0 amide bonds. The van der Waals surface area contributed by atoms with E-state index in [9.17, 15) is 0 Å². The summed E-state index contributed by atoms with van der Waals surface area (Å²) in [6, 6.07) is 60.1. The predicted molar refractivity (Wildman–Crippen MR) is 210 cm³/mol. The van der Waals surface area contributed by atoms with Gasteiger partial charge in [0.05, 0.1) is 5.52 Å². The van der Waals surface area contributed by atoms with Gasteiger partial charge in [-0.15, -0.1) is 0 Å². The van der Waals surface area contributed by atoms with Gasteiger partial charge in [0.15, 0.2) is 17.5 Å². The number of para-hydroxylation sites is 4. The number of nitrogens with zero attached hydrogens (tertiary/aromatic N) is 5. The van der Waals surface area contributed by atoms with Crippen LogP contribution in [0.2, 0.25) is 0 Å². The van der Waals surface area contributed by atoms with Gasteiger partial charge in [0.1, 0.15) is 0 Å². The highest BCUT2D eigenvalue weighted by Gasteiger charge is 2.42. The number of hydrogen-bond donors (Lipinski definition) is 0. The van der Waals surface area contributed by atoms with Crippen molar-refractivity contribution < 1.29 is 0 Å². The Balaban J connectivity index is 1.28. The normalized spacial score (nSPS) is 12.6. The zero-order valence-corrected chi connectivity index (χ0v) is 27.5. The summed E-state index contributed by atoms with van der Waals surface area (Å²) in [4.78, 5) is 17.8. The first-order valence-corrected chi connectivity index (χ1v) is 17.3. The third kappa shape index (κ3) is 4.14. The summed E-state index contributed by atoms with van der Waals surface area (Å²) in [6.45, 7) is 0.0545. The van der Waals surface area contributed by atoms with Crippen LogP contribution in [0.1, 0.15) is 0 Å². The molecule has 9 aromatic rings. The Kier molecular flexibility index (Phi) is 5.98. The Hall–Kier alpha value is -6.79. The molecule has 0 atom stereocenters. The molecule has 0 saturated heterocycles. The van der Waals surface area contributed by atoms with Crippen LogP contribution in [0.5, 0.6) is 0 Å². The Morgan fingerprint density at radius 3 is 1.69 bits per heavy atom. The molecule has 0 aliphatic carbocycles. The molecule has 51 heavy (non-hydrogen) atoms. The molecular formula is C45H28BN5. The summed E-state index contributed by atoms with van der Waals surface area (Å²) < 4.78 is 2.48. The first-order valence-electron chi connectivity index (χ1n) is 17.3. The van der Waals surface area contributed by atoms with E-state index >= 15 is 0 Å². The van der Waals surface area contributed by atoms with E-state index in [1.165, 1.54) is 43.9 Å². The van der Waals surface area contributed by atoms with Crippen LogP contribution in [0.4, 0.5) is 17.1 Å². The molecule has 5 nitrogen and oxygen atoms in total. The molecule has 0 bridgehead atoms. The molecule has 6 heteroatoms. The molecule has 2 aliphatic heterocycles. The molecule has 0 spiro atoms. The van der Waals surface area contributed by atoms with Crippen LogP contribution in [-0.4, -0.2) is 26.2 Å². The smallest absolute Gasteiger partial charge is 0.252 e. The fourth-order valence-corrected chi connectivity index (χ4v) is 8.28. The number of anilines is 3. The summed E-state index contributed by atoms with van der Waals surface area (Å²) in [7, 11) is 0. The van der Waals surface area contributed by atoms with Crippen LogP contribution in [-0.2, 0) is 0 Å². The number of hydrogen-bond acceptors (Lipinski definition) is 4. The average Bonchev–Trinajstić information content (AvgIpc) is 3.55. The van der Waals surface area contributed by atoms with Crippen molar-refractivity contribution in [3.63, 3.8) is 0 Å². The minimum atomic E-state index is 0.0545. The topological polar surface area (TPSA) is 46.8 Å². The van der Waals surface area contributed by atoms with E-state index in [0.717, 1.165) is 33.8 Å². The van der Waals surface area contributed by atoms with Gasteiger partial charge >= 0.3 is 0 Å². The lowest BCUT2D eigenvalue weighted by atomic mass is 9.34. The molecule has 0 saturated carbocycles. The van der Waals surface area contributed by atoms with Gasteiger partial charge < -0.3 is 9.47 Å². The summed E-state index contributed by atoms with van der Waals surface area (Å²) in [5.41, 5.74) is 13.7. The fraction of sp³-hybridized carbons (Fsp3) is 0. The maximum absolute atomic E-state index is 5.20. The number of rotatable bonds is 4. The van der Waals surface area contributed by atoms with E-state index < -0.39 is 0 Å². The molecule has 11 rings (SSSR count). The molecule has 2 aromatic heterocycles. The van der Waals surface area contributed by atoms with E-state index in [-0.39, 0.29) is 6.71 Å². The van der Waals surface area contributed by atoms with Crippen molar-refractivity contribution in [3.05, 3.63) is 170 Å². The molecular weight excluding hydrogens is 621 g/mol. The quantitative estimate of drug-likeness (QED) is 0.179. The zero-order chi connectivity index (χ0) is 33.5. The molecule has 0 unspecified atom stereocenters. The first-order chi connectivity index (χ1) is 25.3. The summed E-state index contributed by atoms with van der Waals surface area (Å²) >= 11 is 0. The summed E-state index contributed by atoms with van der Waals surface area (Å²) in [6.07, 6.45) is 0. The van der Waals surface area contributed by atoms with Gasteiger partial charge in [0.25, 0.3) is 6.71 Å². The van der Waals surface area contributed by atoms with Crippen LogP contribution in [0.3, 0.4) is 0 Å². The lowest BCUT2D eigenvalue weighted by Crippen LogP contribution is -2.60. The Morgan fingerprint density at radius 2 is 0.961 bits per heavy atom. The molecule has 236 valence electrons. The van der Waals surface area contributed by atoms with Crippen LogP contribution < -0.4 is 21.3 Å². The zero-order valence-electron chi connectivity index (χ0n) is 27.5. The first kappa shape index (κ1) is 28.1. The summed E-state index contributed by atoms with van der Waals surface area (Å²) in [5, 5.41) is 2.51. The van der Waals surface area contributed by atoms with Crippen molar-refractivity contribution in [2.75, 3.05) is 4.90 Å². The molecule has 2 aliphatic rings. The Bertz CT molecular complexity index is 2760. The Morgan fingerprint density at radius 1 is 0.412 bits per heavy atom. The van der Waals surface area contributed by atoms with Crippen molar-refractivity contribution in [2.24, 2.45) is 0 Å². The Labute approximate surface area is 295 Å². The highest BCUT2D eigenvalue weighted by atomic mass is 15.2. The van der Waals surface area contributed by atoms with Gasteiger partial charge in [0, 0.05) is 55.7 Å². The molecule has 0 fully saturated rings. The van der Waals surface area contributed by atoms with Crippen LogP contribution in [0.15, 0.2) is 170 Å². The molecule has 7 aromatic carbocycles. The molecule has 0 N–H and O–H groups in total. The van der Waals surface area contributed by atoms with Crippen molar-refractivity contribution in [2.45, 2.75) is 0 Å². The SMILES string of the molecule is c1ccc(-c2nc(-c3ccccc3)nc(-c3cc4c5c(c3)-n3c6ccccc6c6cccc(c63)B5c3ccccc3N4c3ccccc3)n2)cc1. The van der Waals surface area contributed by atoms with Gasteiger partial charge in [-0.1, -0.05) is 133 Å². The van der Waals surface area contributed by atoms with Crippen LogP contribution >= 0.6 is 0 Å². The van der Waals surface area contributed by atoms with Gasteiger partial charge in [-0.25, -0.2) is 15.0 Å². The predicted octanol–water partition coefficient (Wildman–Crippen LogP) is 8.58. The van der Waals surface area contributed by atoms with Crippen LogP contribution in [0.25, 0.3) is 61.7 Å². The van der Waals surface area contributed by atoms with Crippen molar-refractivity contribution in [3.8, 4) is 39.9 Å². The maximum atomic E-state index is 5.20. The number of aromatic nitrogens is 4. The highest BCUT2D eigenvalue weighted by molar-refractivity contribution is 7.00. The monoisotopic (exact) mass is 649 g/mol. The van der Waals surface area contributed by atoms with E-state index in [0.29, 0.717) is 17.5 Å². The van der Waals surface area contributed by atoms with E-state index in [2.05, 4.69) is 143 Å².